The maximum Gasteiger partial charge on any atom is 0.346 e. The van der Waals surface area contributed by atoms with Crippen LogP contribution in [0.4, 0.5) is 0 Å². The molecule has 0 radical (unpaired) electrons. The molecule has 0 fully saturated rings. The van der Waals surface area contributed by atoms with Crippen LogP contribution in [0.3, 0.4) is 0 Å². The monoisotopic (exact) mass is 439 g/mol. The lowest BCUT2D eigenvalue weighted by molar-refractivity contribution is -0.132. The summed E-state index contributed by atoms with van der Waals surface area (Å²) in [6.45, 7) is 0. The van der Waals surface area contributed by atoms with Gasteiger partial charge in [0.15, 0.2) is 0 Å². The summed E-state index contributed by atoms with van der Waals surface area (Å²) in [5, 5.41) is 1.67. The molecule has 4 rings (SSSR count). The quantitative estimate of drug-likeness (QED) is 0.203. The molecular weight excluding hydrogens is 422 g/mol. The average molecular weight is 440 g/mol. The molecule has 0 aliphatic carbocycles. The number of hydrogen-bond donors (Lipinski definition) is 0. The summed E-state index contributed by atoms with van der Waals surface area (Å²) >= 11 is 6.06. The molecule has 5 heteroatoms. The van der Waals surface area contributed by atoms with Crippen molar-refractivity contribution in [3.63, 3.8) is 0 Å². The molecule has 0 spiro atoms. The Kier molecular flexibility index (Phi) is 6.54. The van der Waals surface area contributed by atoms with E-state index < -0.39 is 11.9 Å². The molecule has 3 aromatic carbocycles. The van der Waals surface area contributed by atoms with Gasteiger partial charge in [0.2, 0.25) is 0 Å². The molecule has 1 heterocycles. The van der Waals surface area contributed by atoms with Crippen LogP contribution < -0.4 is 0 Å². The minimum atomic E-state index is -0.723. The standard InChI is InChI=1S/C27H18ClNO3/c28-23-13-11-21-12-15-24(29-25(21)18-23)14-9-19-5-4-6-20(17-19)10-16-26(30)32-27(31)22-7-2-1-3-8-22/h1-18H/b14-9+,16-10+. The molecule has 0 aliphatic heterocycles. The third kappa shape index (κ3) is 5.56. The fourth-order valence-corrected chi connectivity index (χ4v) is 3.24. The van der Waals surface area contributed by atoms with Gasteiger partial charge in [-0.3, -0.25) is 0 Å². The largest absolute Gasteiger partial charge is 0.386 e. The van der Waals surface area contributed by atoms with Crippen molar-refractivity contribution in [2.75, 3.05) is 0 Å². The van der Waals surface area contributed by atoms with Crippen molar-refractivity contribution < 1.29 is 14.3 Å². The van der Waals surface area contributed by atoms with E-state index in [1.165, 1.54) is 6.08 Å². The molecule has 0 saturated heterocycles. The molecule has 1 aromatic heterocycles. The Balaban J connectivity index is 1.43. The number of carbonyl (C=O) groups is 2. The van der Waals surface area contributed by atoms with E-state index in [2.05, 4.69) is 4.98 Å². The van der Waals surface area contributed by atoms with Crippen molar-refractivity contribution in [2.24, 2.45) is 0 Å². The van der Waals surface area contributed by atoms with E-state index in [0.717, 1.165) is 27.7 Å². The first-order valence-corrected chi connectivity index (χ1v) is 10.3. The number of halogens is 1. The second kappa shape index (κ2) is 9.86. The fourth-order valence-electron chi connectivity index (χ4n) is 3.07. The van der Waals surface area contributed by atoms with Gasteiger partial charge in [0.1, 0.15) is 0 Å². The Morgan fingerprint density at radius 2 is 1.53 bits per heavy atom. The first kappa shape index (κ1) is 21.2. The molecule has 0 bridgehead atoms. The molecule has 4 nitrogen and oxygen atoms in total. The van der Waals surface area contributed by atoms with Crippen LogP contribution in [0.5, 0.6) is 0 Å². The molecule has 0 unspecified atom stereocenters. The van der Waals surface area contributed by atoms with Crippen molar-refractivity contribution in [1.29, 1.82) is 0 Å². The van der Waals surface area contributed by atoms with E-state index in [-0.39, 0.29) is 0 Å². The number of benzene rings is 3. The third-order valence-electron chi connectivity index (χ3n) is 4.65. The van der Waals surface area contributed by atoms with E-state index >= 15 is 0 Å². The number of nitrogens with zero attached hydrogens (tertiary/aromatic N) is 1. The average Bonchev–Trinajstić information content (AvgIpc) is 2.82. The highest BCUT2D eigenvalue weighted by Crippen LogP contribution is 2.19. The number of ether oxygens (including phenoxy) is 1. The van der Waals surface area contributed by atoms with Crippen molar-refractivity contribution in [2.45, 2.75) is 0 Å². The number of rotatable bonds is 5. The van der Waals surface area contributed by atoms with Crippen molar-refractivity contribution in [1.82, 2.24) is 4.98 Å². The first-order valence-electron chi connectivity index (χ1n) is 9.90. The summed E-state index contributed by atoms with van der Waals surface area (Å²) in [7, 11) is 0. The summed E-state index contributed by atoms with van der Waals surface area (Å²) < 4.78 is 4.84. The minimum absolute atomic E-state index is 0.325. The summed E-state index contributed by atoms with van der Waals surface area (Å²) in [5.41, 5.74) is 3.71. The van der Waals surface area contributed by atoms with Gasteiger partial charge in [-0.2, -0.15) is 0 Å². The van der Waals surface area contributed by atoms with Crippen LogP contribution in [0.15, 0.2) is 91.0 Å². The highest BCUT2D eigenvalue weighted by molar-refractivity contribution is 6.31. The Hall–Kier alpha value is -4.02. The van der Waals surface area contributed by atoms with Gasteiger partial charge in [-0.15, -0.1) is 0 Å². The summed E-state index contributed by atoms with van der Waals surface area (Å²) in [5.74, 6) is -1.40. The highest BCUT2D eigenvalue weighted by atomic mass is 35.5. The van der Waals surface area contributed by atoms with Crippen LogP contribution in [0.25, 0.3) is 29.1 Å². The molecule has 0 atom stereocenters. The van der Waals surface area contributed by atoms with Crippen LogP contribution >= 0.6 is 11.6 Å². The summed E-state index contributed by atoms with van der Waals surface area (Å²) in [4.78, 5) is 28.5. The van der Waals surface area contributed by atoms with Gasteiger partial charge >= 0.3 is 11.9 Å². The number of fused-ring (bicyclic) bond motifs is 1. The van der Waals surface area contributed by atoms with Crippen LogP contribution in [0.2, 0.25) is 5.02 Å². The maximum absolute atomic E-state index is 12.0. The van der Waals surface area contributed by atoms with Crippen LogP contribution in [-0.4, -0.2) is 16.9 Å². The van der Waals surface area contributed by atoms with E-state index in [9.17, 15) is 9.59 Å². The van der Waals surface area contributed by atoms with Crippen molar-refractivity contribution in [3.8, 4) is 0 Å². The molecule has 156 valence electrons. The number of carbonyl (C=O) groups excluding carboxylic acids is 2. The van der Waals surface area contributed by atoms with Gasteiger partial charge in [-0.1, -0.05) is 66.2 Å². The van der Waals surface area contributed by atoms with Crippen LogP contribution in [-0.2, 0) is 9.53 Å². The normalized spacial score (nSPS) is 11.3. The molecular formula is C27H18ClNO3. The van der Waals surface area contributed by atoms with Crippen molar-refractivity contribution >= 4 is 52.7 Å². The Bertz CT molecular complexity index is 1340. The third-order valence-corrected chi connectivity index (χ3v) is 4.88. The molecule has 0 aliphatic rings. The van der Waals surface area contributed by atoms with Gasteiger partial charge in [-0.25, -0.2) is 14.6 Å². The zero-order valence-electron chi connectivity index (χ0n) is 16.9. The SMILES string of the molecule is O=C(/C=C/c1cccc(/C=C/c2ccc3ccc(Cl)cc3n2)c1)OC(=O)c1ccccc1. The molecule has 0 N–H and O–H groups in total. The molecule has 4 aromatic rings. The highest BCUT2D eigenvalue weighted by Gasteiger charge is 2.09. The smallest absolute Gasteiger partial charge is 0.346 e. The lowest BCUT2D eigenvalue weighted by Gasteiger charge is -2.01. The number of esters is 2. The lowest BCUT2D eigenvalue weighted by atomic mass is 10.1. The van der Waals surface area contributed by atoms with Crippen LogP contribution in [0.1, 0.15) is 27.2 Å². The number of pyridine rings is 1. The van der Waals surface area contributed by atoms with Gasteiger partial charge < -0.3 is 4.74 Å². The molecule has 0 amide bonds. The predicted octanol–water partition coefficient (Wildman–Crippen LogP) is 6.46. The van der Waals surface area contributed by atoms with Crippen LogP contribution in [0, 0.1) is 0 Å². The molecule has 0 saturated carbocycles. The zero-order valence-corrected chi connectivity index (χ0v) is 17.7. The predicted molar refractivity (Wildman–Crippen MR) is 128 cm³/mol. The van der Waals surface area contributed by atoms with E-state index in [4.69, 9.17) is 16.3 Å². The number of aromatic nitrogens is 1. The van der Waals surface area contributed by atoms with E-state index in [1.807, 2.05) is 66.7 Å². The maximum atomic E-state index is 12.0. The topological polar surface area (TPSA) is 56.3 Å². The first-order chi connectivity index (χ1) is 15.6. The molecule has 32 heavy (non-hydrogen) atoms. The van der Waals surface area contributed by atoms with Crippen molar-refractivity contribution in [3.05, 3.63) is 118 Å². The fraction of sp³-hybridized carbons (Fsp3) is 0. The summed E-state index contributed by atoms with van der Waals surface area (Å²) in [6.07, 6.45) is 6.69. The summed E-state index contributed by atoms with van der Waals surface area (Å²) in [6, 6.07) is 25.5. The van der Waals surface area contributed by atoms with Gasteiger partial charge in [0.25, 0.3) is 0 Å². The second-order valence-corrected chi connectivity index (χ2v) is 7.42. The zero-order chi connectivity index (χ0) is 22.3. The second-order valence-electron chi connectivity index (χ2n) is 6.98. The van der Waals surface area contributed by atoms with Gasteiger partial charge in [-0.05, 0) is 59.7 Å². The Morgan fingerprint density at radius 1 is 0.781 bits per heavy atom. The van der Waals surface area contributed by atoms with E-state index in [1.54, 1.807) is 36.4 Å². The number of hydrogen-bond acceptors (Lipinski definition) is 4. The van der Waals surface area contributed by atoms with E-state index in [0.29, 0.717) is 10.6 Å². The minimum Gasteiger partial charge on any atom is -0.386 e. The van der Waals surface area contributed by atoms with Gasteiger partial charge in [0.05, 0.1) is 16.8 Å². The Morgan fingerprint density at radius 3 is 2.34 bits per heavy atom. The lowest BCUT2D eigenvalue weighted by Crippen LogP contribution is -2.10. The Labute approximate surface area is 190 Å². The van der Waals surface area contributed by atoms with Gasteiger partial charge in [0, 0.05) is 16.5 Å².